The van der Waals surface area contributed by atoms with Crippen LogP contribution < -0.4 is 5.32 Å². The highest BCUT2D eigenvalue weighted by atomic mass is 16.5. The summed E-state index contributed by atoms with van der Waals surface area (Å²) < 4.78 is 11.8. The summed E-state index contributed by atoms with van der Waals surface area (Å²) in [6.45, 7) is 4.51. The Morgan fingerprint density at radius 2 is 1.29 bits per heavy atom. The fraction of sp³-hybridized carbons (Fsp3) is 0.559. The van der Waals surface area contributed by atoms with E-state index in [4.69, 9.17) is 9.47 Å². The van der Waals surface area contributed by atoms with E-state index in [9.17, 15) is 9.59 Å². The topological polar surface area (TPSA) is 93.3 Å². The number of nitrogens with zero attached hydrogens (tertiary/aromatic N) is 1. The molecule has 2 N–H and O–H groups in total. The monoisotopic (exact) mass is 559 g/mol. The minimum Gasteiger partial charge on any atom is -0.462 e. The highest BCUT2D eigenvalue weighted by molar-refractivity contribution is 5.99. The first-order valence-electron chi connectivity index (χ1n) is 15.6. The molecule has 41 heavy (non-hydrogen) atoms. The number of hydrogen-bond donors (Lipinski definition) is 2. The predicted octanol–water partition coefficient (Wildman–Crippen LogP) is 7.34. The molecule has 0 atom stereocenters. The zero-order valence-electron chi connectivity index (χ0n) is 24.7. The average Bonchev–Trinajstić information content (AvgIpc) is 3.48. The highest BCUT2D eigenvalue weighted by Crippen LogP contribution is 2.39. The maximum atomic E-state index is 13.7. The Balaban J connectivity index is 1.37. The van der Waals surface area contributed by atoms with Gasteiger partial charge in [0.1, 0.15) is 5.82 Å². The molecule has 2 saturated carbocycles. The van der Waals surface area contributed by atoms with Gasteiger partial charge in [0.15, 0.2) is 0 Å². The molecule has 2 aliphatic carbocycles. The highest BCUT2D eigenvalue weighted by Gasteiger charge is 2.39. The quantitative estimate of drug-likeness (QED) is 0.296. The number of hydrogen-bond acceptors (Lipinski definition) is 6. The third kappa shape index (κ3) is 7.30. The zero-order valence-corrected chi connectivity index (χ0v) is 24.7. The number of esters is 2. The van der Waals surface area contributed by atoms with Crippen LogP contribution in [0.15, 0.2) is 59.1 Å². The number of dihydropyridines is 1. The van der Waals surface area contributed by atoms with Crippen LogP contribution in [0.25, 0.3) is 11.4 Å². The van der Waals surface area contributed by atoms with Gasteiger partial charge in [-0.1, -0.05) is 94.5 Å². The van der Waals surface area contributed by atoms with Gasteiger partial charge in [-0.2, -0.15) is 0 Å². The van der Waals surface area contributed by atoms with E-state index in [0.29, 0.717) is 59.1 Å². The normalized spacial score (nSPS) is 19.3. The summed E-state index contributed by atoms with van der Waals surface area (Å²) in [4.78, 5) is 35.4. The van der Waals surface area contributed by atoms with E-state index < -0.39 is 17.9 Å². The molecule has 2 aromatic rings. The van der Waals surface area contributed by atoms with Crippen LogP contribution in [0, 0.1) is 11.8 Å². The molecule has 0 amide bonds. The maximum absolute atomic E-state index is 13.7. The smallest absolute Gasteiger partial charge is 0.336 e. The number of rotatable bonds is 10. The van der Waals surface area contributed by atoms with Crippen molar-refractivity contribution in [3.63, 3.8) is 0 Å². The Morgan fingerprint density at radius 1 is 0.780 bits per heavy atom. The summed E-state index contributed by atoms with van der Waals surface area (Å²) in [5, 5.41) is 3.28. The second kappa shape index (κ2) is 14.0. The number of aromatic amines is 1. The van der Waals surface area contributed by atoms with E-state index >= 15 is 0 Å². The zero-order chi connectivity index (χ0) is 28.6. The van der Waals surface area contributed by atoms with Crippen molar-refractivity contribution in [1.82, 2.24) is 15.3 Å². The molecular formula is C34H45N3O4. The van der Waals surface area contributed by atoms with Gasteiger partial charge in [0.2, 0.25) is 0 Å². The van der Waals surface area contributed by atoms with Crippen LogP contribution in [-0.4, -0.2) is 35.1 Å². The number of ether oxygens (including phenoxy) is 2. The molecule has 1 aromatic carbocycles. The lowest BCUT2D eigenvalue weighted by atomic mass is 9.83. The molecule has 3 aliphatic rings. The van der Waals surface area contributed by atoms with Gasteiger partial charge in [-0.3, -0.25) is 0 Å². The van der Waals surface area contributed by atoms with Gasteiger partial charge in [0.05, 0.1) is 30.3 Å². The third-order valence-corrected chi connectivity index (χ3v) is 9.12. The van der Waals surface area contributed by atoms with Crippen LogP contribution in [0.2, 0.25) is 0 Å². The van der Waals surface area contributed by atoms with E-state index in [2.05, 4.69) is 15.3 Å². The van der Waals surface area contributed by atoms with Crippen molar-refractivity contribution in [1.29, 1.82) is 0 Å². The lowest BCUT2D eigenvalue weighted by Crippen LogP contribution is -2.33. The molecule has 0 bridgehead atoms. The Kier molecular flexibility index (Phi) is 9.97. The van der Waals surface area contributed by atoms with E-state index in [1.807, 2.05) is 44.2 Å². The van der Waals surface area contributed by atoms with Gasteiger partial charge in [-0.25, -0.2) is 14.6 Å². The molecule has 220 valence electrons. The molecule has 0 spiro atoms. The van der Waals surface area contributed by atoms with E-state index in [1.54, 1.807) is 6.20 Å². The van der Waals surface area contributed by atoms with Crippen molar-refractivity contribution >= 4 is 11.9 Å². The molecule has 1 aliphatic heterocycles. The molecular weight excluding hydrogens is 514 g/mol. The first-order chi connectivity index (χ1) is 20.0. The number of imidazole rings is 1. The van der Waals surface area contributed by atoms with Crippen LogP contribution in [0.1, 0.15) is 103 Å². The van der Waals surface area contributed by atoms with Crippen LogP contribution in [-0.2, 0) is 19.1 Å². The molecule has 0 saturated heterocycles. The van der Waals surface area contributed by atoms with Crippen molar-refractivity contribution < 1.29 is 19.1 Å². The number of carbonyl (C=O) groups is 2. The van der Waals surface area contributed by atoms with Crippen molar-refractivity contribution in [2.24, 2.45) is 11.8 Å². The summed E-state index contributed by atoms with van der Waals surface area (Å²) in [6, 6.07) is 9.84. The SMILES string of the molecule is CC1=C(C(=O)OCCC2CCCCC2)C(c2cnc(-c3ccccc3)[nH]2)C(C(=O)OCCC2CCCCC2)=C(C)N1. The average molecular weight is 560 g/mol. The lowest BCUT2D eigenvalue weighted by molar-refractivity contribution is -0.140. The first kappa shape index (κ1) is 29.2. The fourth-order valence-corrected chi connectivity index (χ4v) is 6.81. The molecule has 1 aromatic heterocycles. The molecule has 2 fully saturated rings. The largest absolute Gasteiger partial charge is 0.462 e. The summed E-state index contributed by atoms with van der Waals surface area (Å²) in [7, 11) is 0. The molecule has 0 radical (unpaired) electrons. The van der Waals surface area contributed by atoms with E-state index in [-0.39, 0.29) is 0 Å². The number of allylic oxidation sites excluding steroid dienone is 2. The summed E-state index contributed by atoms with van der Waals surface area (Å²) in [5.74, 6) is 0.461. The second-order valence-corrected chi connectivity index (χ2v) is 12.0. The van der Waals surface area contributed by atoms with Crippen molar-refractivity contribution in [3.8, 4) is 11.4 Å². The molecule has 7 nitrogen and oxygen atoms in total. The number of aromatic nitrogens is 2. The summed E-state index contributed by atoms with van der Waals surface area (Å²) in [6.07, 6.45) is 15.9. The third-order valence-electron chi connectivity index (χ3n) is 9.12. The van der Waals surface area contributed by atoms with Crippen LogP contribution in [0.5, 0.6) is 0 Å². The molecule has 2 heterocycles. The van der Waals surface area contributed by atoms with Crippen molar-refractivity contribution in [3.05, 3.63) is 64.8 Å². The van der Waals surface area contributed by atoms with Gasteiger partial charge in [-0.05, 0) is 38.5 Å². The minimum absolute atomic E-state index is 0.384. The number of benzene rings is 1. The predicted molar refractivity (Wildman–Crippen MR) is 160 cm³/mol. The van der Waals surface area contributed by atoms with Crippen LogP contribution in [0.4, 0.5) is 0 Å². The van der Waals surface area contributed by atoms with E-state index in [1.165, 1.54) is 64.2 Å². The van der Waals surface area contributed by atoms with E-state index in [0.717, 1.165) is 18.4 Å². The molecule has 0 unspecified atom stereocenters. The molecule has 7 heteroatoms. The Morgan fingerprint density at radius 3 is 1.80 bits per heavy atom. The lowest BCUT2D eigenvalue weighted by Gasteiger charge is -2.30. The van der Waals surface area contributed by atoms with Gasteiger partial charge in [0.25, 0.3) is 0 Å². The van der Waals surface area contributed by atoms with Gasteiger partial charge < -0.3 is 19.8 Å². The van der Waals surface area contributed by atoms with Crippen LogP contribution >= 0.6 is 0 Å². The number of carbonyl (C=O) groups excluding carboxylic acids is 2. The second-order valence-electron chi connectivity index (χ2n) is 12.0. The number of H-pyrrole nitrogens is 1. The van der Waals surface area contributed by atoms with Gasteiger partial charge in [0, 0.05) is 28.8 Å². The summed E-state index contributed by atoms with van der Waals surface area (Å²) >= 11 is 0. The molecule has 5 rings (SSSR count). The standard InChI is InChI=1S/C34H45N3O4/c1-23-29(33(38)40-20-18-25-12-6-3-7-13-25)31(28-22-35-32(37-28)27-16-10-5-11-17-27)30(24(2)36-23)34(39)41-21-19-26-14-8-4-9-15-26/h5,10-11,16-17,22,25-26,31,36H,3-4,6-9,12-15,18-21H2,1-2H3,(H,35,37). The maximum Gasteiger partial charge on any atom is 0.336 e. The minimum atomic E-state index is -0.662. The van der Waals surface area contributed by atoms with Gasteiger partial charge in [-0.15, -0.1) is 0 Å². The number of nitrogens with one attached hydrogen (secondary N) is 2. The summed E-state index contributed by atoms with van der Waals surface area (Å²) in [5.41, 5.74) is 3.84. The Hall–Kier alpha value is -3.35. The van der Waals surface area contributed by atoms with Crippen molar-refractivity contribution in [2.75, 3.05) is 13.2 Å². The van der Waals surface area contributed by atoms with Gasteiger partial charge >= 0.3 is 11.9 Å². The fourth-order valence-electron chi connectivity index (χ4n) is 6.81. The Bertz CT molecular complexity index is 1190. The Labute approximate surface area is 244 Å². The van der Waals surface area contributed by atoms with Crippen molar-refractivity contribution in [2.45, 2.75) is 96.8 Å². The first-order valence-corrected chi connectivity index (χ1v) is 15.6. The van der Waals surface area contributed by atoms with Crippen LogP contribution in [0.3, 0.4) is 0 Å².